The molecule has 0 aliphatic carbocycles. The van der Waals surface area contributed by atoms with Gasteiger partial charge in [0.1, 0.15) is 0 Å². The number of carbonyl (C=O) groups is 1. The van der Waals surface area contributed by atoms with E-state index in [4.69, 9.17) is 11.0 Å². The lowest BCUT2D eigenvalue weighted by atomic mass is 10.0. The van der Waals surface area contributed by atoms with Crippen molar-refractivity contribution in [1.29, 1.82) is 0 Å². The van der Waals surface area contributed by atoms with Crippen LogP contribution in [-0.2, 0) is 29.8 Å². The van der Waals surface area contributed by atoms with E-state index in [1.807, 2.05) is 0 Å². The average Bonchev–Trinajstić information content (AvgIpc) is 2.53. The van der Waals surface area contributed by atoms with Gasteiger partial charge in [0.05, 0.1) is 6.61 Å². The number of hydrogen-bond donors (Lipinski definition) is 2. The van der Waals surface area contributed by atoms with Crippen LogP contribution in [0.3, 0.4) is 0 Å². The Morgan fingerprint density at radius 2 is 1.17 bits per heavy atom. The lowest BCUT2D eigenvalue weighted by molar-refractivity contribution is -0.753. The number of amides is 1. The first-order valence-corrected chi connectivity index (χ1v) is 8.48. The van der Waals surface area contributed by atoms with Gasteiger partial charge in [-0.15, -0.1) is 0 Å². The zero-order valence-electron chi connectivity index (χ0n) is 13.9. The van der Waals surface area contributed by atoms with Gasteiger partial charge in [-0.05, 0) is 33.0 Å². The Hall–Kier alpha value is -0.770. The summed E-state index contributed by atoms with van der Waals surface area (Å²) in [6.45, 7) is 0.393. The highest BCUT2D eigenvalue weighted by Crippen LogP contribution is 2.12. The minimum Gasteiger partial charge on any atom is -0.370 e. The number of nitrogens with two attached hydrogens (primary N) is 1. The van der Waals surface area contributed by atoms with Crippen molar-refractivity contribution < 1.29 is 35.1 Å². The third-order valence-corrected chi connectivity index (χ3v) is 3.53. The second kappa shape index (κ2) is 19.3. The second-order valence-corrected chi connectivity index (χ2v) is 5.56. The fourth-order valence-electron chi connectivity index (χ4n) is 2.31. The third-order valence-electron chi connectivity index (χ3n) is 3.53. The molecule has 0 radical (unpaired) electrons. The molecule has 0 spiro atoms. The Morgan fingerprint density at radius 1 is 0.696 bits per heavy atom. The summed E-state index contributed by atoms with van der Waals surface area (Å²) in [5.41, 5.74) is 5.09. The molecule has 0 aromatic carbocycles. The number of rotatable bonds is 19. The molecule has 8 heteroatoms. The zero-order chi connectivity index (χ0) is 17.0. The quantitative estimate of drug-likeness (QED) is 0.210. The maximum absolute atomic E-state index is 10.6. The summed E-state index contributed by atoms with van der Waals surface area (Å²) in [6.07, 6.45) is 14.5. The summed E-state index contributed by atoms with van der Waals surface area (Å²) >= 11 is 0. The van der Waals surface area contributed by atoms with E-state index in [1.165, 1.54) is 51.4 Å². The topological polar surface area (TPSA) is 109 Å². The smallest absolute Gasteiger partial charge is 0.217 e. The van der Waals surface area contributed by atoms with Crippen molar-refractivity contribution in [3.8, 4) is 0 Å². The zero-order valence-corrected chi connectivity index (χ0v) is 13.9. The van der Waals surface area contributed by atoms with Gasteiger partial charge in [-0.1, -0.05) is 64.2 Å². The molecule has 0 aliphatic rings. The lowest BCUT2D eigenvalue weighted by Crippen LogP contribution is -2.09. The fourth-order valence-corrected chi connectivity index (χ4v) is 2.31. The van der Waals surface area contributed by atoms with Gasteiger partial charge in [0.25, 0.3) is 0 Å². The highest BCUT2D eigenvalue weighted by molar-refractivity contribution is 5.73. The maximum Gasteiger partial charge on any atom is 0.217 e. The molecule has 0 rings (SSSR count). The van der Waals surface area contributed by atoms with Crippen LogP contribution in [-0.4, -0.2) is 17.8 Å². The van der Waals surface area contributed by atoms with E-state index in [2.05, 4.69) is 25.0 Å². The minimum absolute atomic E-state index is 0.192. The molecule has 23 heavy (non-hydrogen) atoms. The number of hydrogen-bond acceptors (Lipinski definition) is 7. The third kappa shape index (κ3) is 21.2. The Bertz CT molecular complexity index is 254. The van der Waals surface area contributed by atoms with Crippen molar-refractivity contribution >= 4 is 5.91 Å². The van der Waals surface area contributed by atoms with Crippen LogP contribution >= 0.6 is 0 Å². The molecular formula is C15H31NO7. The van der Waals surface area contributed by atoms with Crippen LogP contribution in [0.4, 0.5) is 0 Å². The molecule has 138 valence electrons. The van der Waals surface area contributed by atoms with Gasteiger partial charge in [-0.3, -0.25) is 4.79 Å². The van der Waals surface area contributed by atoms with Crippen LogP contribution in [0.15, 0.2) is 0 Å². The highest BCUT2D eigenvalue weighted by Gasteiger charge is 1.96. The van der Waals surface area contributed by atoms with Crippen LogP contribution in [0.2, 0.25) is 0 Å². The molecule has 0 unspecified atom stereocenters. The average molecular weight is 337 g/mol. The lowest BCUT2D eigenvalue weighted by Gasteiger charge is -2.03. The van der Waals surface area contributed by atoms with Crippen molar-refractivity contribution in [2.45, 2.75) is 83.5 Å². The fraction of sp³-hybridized carbons (Fsp3) is 0.933. The summed E-state index contributed by atoms with van der Waals surface area (Å²) in [5.74, 6) is -0.192. The van der Waals surface area contributed by atoms with E-state index in [0.717, 1.165) is 25.7 Å². The standard InChI is InChI=1S/C15H31NO7/c16-15(17)13-11-9-7-5-3-1-2-4-6-8-10-12-14-19-21-23-22-20-18/h18H,1-14H2,(H2,16,17). The van der Waals surface area contributed by atoms with E-state index in [9.17, 15) is 4.79 Å². The monoisotopic (exact) mass is 337 g/mol. The normalized spacial score (nSPS) is 11.0. The Balaban J connectivity index is 2.96. The predicted octanol–water partition coefficient (Wildman–Crippen LogP) is 3.76. The molecule has 0 bridgehead atoms. The molecular weight excluding hydrogens is 306 g/mol. The SMILES string of the molecule is NC(=O)CCCCCCCCCCCCCCOOOOOO. The van der Waals surface area contributed by atoms with Crippen LogP contribution in [0.5, 0.6) is 0 Å². The number of unbranched alkanes of at least 4 members (excludes halogenated alkanes) is 11. The molecule has 0 saturated heterocycles. The van der Waals surface area contributed by atoms with E-state index in [1.54, 1.807) is 0 Å². The van der Waals surface area contributed by atoms with Gasteiger partial charge in [0.15, 0.2) is 0 Å². The summed E-state index contributed by atoms with van der Waals surface area (Å²) in [7, 11) is 0. The van der Waals surface area contributed by atoms with Gasteiger partial charge in [0.2, 0.25) is 5.91 Å². The molecule has 0 aromatic rings. The van der Waals surface area contributed by atoms with Crippen LogP contribution in [0.1, 0.15) is 83.5 Å². The van der Waals surface area contributed by atoms with E-state index < -0.39 is 0 Å². The summed E-state index contributed by atoms with van der Waals surface area (Å²) in [5, 5.41) is 22.2. The van der Waals surface area contributed by atoms with Crippen LogP contribution in [0, 0.1) is 0 Å². The largest absolute Gasteiger partial charge is 0.370 e. The molecule has 0 aliphatic heterocycles. The molecule has 0 atom stereocenters. The van der Waals surface area contributed by atoms with Crippen molar-refractivity contribution in [3.05, 3.63) is 0 Å². The number of carbonyl (C=O) groups excluding carboxylic acids is 1. The molecule has 8 nitrogen and oxygen atoms in total. The van der Waals surface area contributed by atoms with E-state index >= 15 is 0 Å². The second-order valence-electron chi connectivity index (χ2n) is 5.56. The van der Waals surface area contributed by atoms with Gasteiger partial charge >= 0.3 is 0 Å². The molecule has 3 N–H and O–H groups in total. The van der Waals surface area contributed by atoms with Crippen molar-refractivity contribution in [2.24, 2.45) is 5.73 Å². The Morgan fingerprint density at radius 3 is 1.65 bits per heavy atom. The first-order chi connectivity index (χ1) is 11.3. The predicted molar refractivity (Wildman–Crippen MR) is 82.1 cm³/mol. The summed E-state index contributed by atoms with van der Waals surface area (Å²) in [6, 6.07) is 0. The van der Waals surface area contributed by atoms with Gasteiger partial charge in [-0.25, -0.2) is 10.1 Å². The van der Waals surface area contributed by atoms with Gasteiger partial charge in [0, 0.05) is 6.42 Å². The Labute approximate surface area is 137 Å². The van der Waals surface area contributed by atoms with Crippen molar-refractivity contribution in [2.75, 3.05) is 6.61 Å². The van der Waals surface area contributed by atoms with Crippen LogP contribution in [0.25, 0.3) is 0 Å². The van der Waals surface area contributed by atoms with Crippen LogP contribution < -0.4 is 5.73 Å². The molecule has 0 heterocycles. The Kier molecular flexibility index (Phi) is 18.6. The van der Waals surface area contributed by atoms with E-state index in [-0.39, 0.29) is 5.91 Å². The first kappa shape index (κ1) is 22.2. The maximum atomic E-state index is 10.6. The first-order valence-electron chi connectivity index (χ1n) is 8.48. The molecule has 0 aromatic heterocycles. The van der Waals surface area contributed by atoms with E-state index in [0.29, 0.717) is 13.0 Å². The number of primary amides is 1. The van der Waals surface area contributed by atoms with Crippen molar-refractivity contribution in [3.63, 3.8) is 0 Å². The summed E-state index contributed by atoms with van der Waals surface area (Å²) in [4.78, 5) is 15.1. The highest BCUT2D eigenvalue weighted by atomic mass is 17.8. The minimum atomic E-state index is -0.192. The van der Waals surface area contributed by atoms with Gasteiger partial charge < -0.3 is 5.73 Å². The molecule has 0 fully saturated rings. The molecule has 1 amide bonds. The van der Waals surface area contributed by atoms with Gasteiger partial charge in [-0.2, -0.15) is 0 Å². The van der Waals surface area contributed by atoms with Crippen molar-refractivity contribution in [1.82, 2.24) is 0 Å². The summed E-state index contributed by atoms with van der Waals surface area (Å²) < 4.78 is 0. The molecule has 0 saturated carbocycles.